The van der Waals surface area contributed by atoms with Crippen molar-refractivity contribution in [1.29, 1.82) is 0 Å². The van der Waals surface area contributed by atoms with Gasteiger partial charge < -0.3 is 10.2 Å². The van der Waals surface area contributed by atoms with E-state index in [4.69, 9.17) is 0 Å². The van der Waals surface area contributed by atoms with Crippen LogP contribution in [-0.4, -0.2) is 13.1 Å². The highest BCUT2D eigenvalue weighted by molar-refractivity contribution is 7.09. The van der Waals surface area contributed by atoms with E-state index in [1.54, 1.807) is 0 Å². The fourth-order valence-corrected chi connectivity index (χ4v) is 3.27. The van der Waals surface area contributed by atoms with E-state index in [2.05, 4.69) is 66.7 Å². The second-order valence-corrected chi connectivity index (χ2v) is 6.42. The summed E-state index contributed by atoms with van der Waals surface area (Å²) in [6, 6.07) is 11.2. The second kappa shape index (κ2) is 8.20. The first kappa shape index (κ1) is 16.1. The first-order valence-corrected chi connectivity index (χ1v) is 8.70. The van der Waals surface area contributed by atoms with Crippen LogP contribution in [-0.2, 0) is 13.1 Å². The zero-order valence-corrected chi connectivity index (χ0v) is 14.2. The molecule has 2 rings (SSSR count). The second-order valence-electron chi connectivity index (χ2n) is 5.39. The van der Waals surface area contributed by atoms with Crippen LogP contribution in [0.4, 0.5) is 5.69 Å². The zero-order chi connectivity index (χ0) is 15.1. The molecule has 0 unspecified atom stereocenters. The summed E-state index contributed by atoms with van der Waals surface area (Å²) < 4.78 is 0. The number of thiophene rings is 1. The lowest BCUT2D eigenvalue weighted by Gasteiger charge is -2.25. The summed E-state index contributed by atoms with van der Waals surface area (Å²) in [6.45, 7) is 10.7. The zero-order valence-electron chi connectivity index (χ0n) is 13.4. The molecule has 0 amide bonds. The van der Waals surface area contributed by atoms with Crippen molar-refractivity contribution in [2.45, 2.75) is 40.3 Å². The Kier molecular flexibility index (Phi) is 6.27. The summed E-state index contributed by atoms with van der Waals surface area (Å²) in [6.07, 6.45) is 1.18. The normalized spacial score (nSPS) is 10.8. The minimum absolute atomic E-state index is 0.964. The Labute approximate surface area is 132 Å². The summed E-state index contributed by atoms with van der Waals surface area (Å²) >= 11 is 1.83. The predicted molar refractivity (Wildman–Crippen MR) is 94.2 cm³/mol. The molecule has 1 aromatic carbocycles. The topological polar surface area (TPSA) is 15.3 Å². The molecule has 0 bridgehead atoms. The van der Waals surface area contributed by atoms with Crippen LogP contribution in [0.5, 0.6) is 0 Å². The lowest BCUT2D eigenvalue weighted by Crippen LogP contribution is -2.22. The maximum atomic E-state index is 3.47. The Hall–Kier alpha value is -1.32. The summed E-state index contributed by atoms with van der Waals surface area (Å²) in [5.74, 6) is 0. The third-order valence-corrected chi connectivity index (χ3v) is 4.53. The Morgan fingerprint density at radius 1 is 1.19 bits per heavy atom. The standard InChI is InChI=1S/C18H26N2S/c1-4-10-19-13-16-8-9-18(15(3)12-16)20(5-2)14-17-7-6-11-21-17/h6-9,11-12,19H,4-5,10,13-14H2,1-3H3. The molecule has 21 heavy (non-hydrogen) atoms. The summed E-state index contributed by atoms with van der Waals surface area (Å²) in [4.78, 5) is 3.87. The number of hydrogen-bond donors (Lipinski definition) is 1. The molecule has 1 aromatic heterocycles. The van der Waals surface area contributed by atoms with E-state index in [0.717, 1.165) is 26.2 Å². The lowest BCUT2D eigenvalue weighted by molar-refractivity contribution is 0.675. The highest BCUT2D eigenvalue weighted by Crippen LogP contribution is 2.24. The molecule has 1 N–H and O–H groups in total. The quantitative estimate of drug-likeness (QED) is 0.718. The summed E-state index contributed by atoms with van der Waals surface area (Å²) in [5, 5.41) is 5.62. The molecule has 3 heteroatoms. The van der Waals surface area contributed by atoms with Crippen LogP contribution in [0.25, 0.3) is 0 Å². The van der Waals surface area contributed by atoms with E-state index in [1.165, 1.54) is 28.1 Å². The number of nitrogens with zero attached hydrogens (tertiary/aromatic N) is 1. The van der Waals surface area contributed by atoms with Gasteiger partial charge in [-0.25, -0.2) is 0 Å². The van der Waals surface area contributed by atoms with Crippen molar-refractivity contribution in [3.63, 3.8) is 0 Å². The van der Waals surface area contributed by atoms with Crippen molar-refractivity contribution in [2.75, 3.05) is 18.0 Å². The van der Waals surface area contributed by atoms with Crippen molar-refractivity contribution in [3.8, 4) is 0 Å². The third-order valence-electron chi connectivity index (χ3n) is 3.67. The third kappa shape index (κ3) is 4.58. The number of aryl methyl sites for hydroxylation is 1. The van der Waals surface area contributed by atoms with Gasteiger partial charge in [0.1, 0.15) is 0 Å². The number of nitrogens with one attached hydrogen (secondary N) is 1. The maximum absolute atomic E-state index is 3.47. The molecular weight excluding hydrogens is 276 g/mol. The van der Waals surface area contributed by atoms with E-state index in [1.807, 2.05) is 11.3 Å². The minimum atomic E-state index is 0.964. The van der Waals surface area contributed by atoms with Crippen molar-refractivity contribution in [2.24, 2.45) is 0 Å². The van der Waals surface area contributed by atoms with Gasteiger partial charge in [-0.1, -0.05) is 25.1 Å². The van der Waals surface area contributed by atoms with Gasteiger partial charge in [0, 0.05) is 23.7 Å². The van der Waals surface area contributed by atoms with E-state index in [9.17, 15) is 0 Å². The van der Waals surface area contributed by atoms with Gasteiger partial charge in [-0.05, 0) is 55.5 Å². The van der Waals surface area contributed by atoms with Gasteiger partial charge in [-0.3, -0.25) is 0 Å². The molecule has 0 spiro atoms. The molecule has 0 aliphatic rings. The van der Waals surface area contributed by atoms with Crippen LogP contribution < -0.4 is 10.2 Å². The van der Waals surface area contributed by atoms with Gasteiger partial charge in [-0.2, -0.15) is 0 Å². The number of rotatable bonds is 8. The first-order chi connectivity index (χ1) is 10.2. The van der Waals surface area contributed by atoms with Gasteiger partial charge in [-0.15, -0.1) is 11.3 Å². The van der Waals surface area contributed by atoms with Crippen LogP contribution in [0.2, 0.25) is 0 Å². The van der Waals surface area contributed by atoms with Gasteiger partial charge in [0.2, 0.25) is 0 Å². The van der Waals surface area contributed by atoms with E-state index in [0.29, 0.717) is 0 Å². The molecule has 0 saturated carbocycles. The van der Waals surface area contributed by atoms with Crippen LogP contribution in [0.1, 0.15) is 36.3 Å². The Morgan fingerprint density at radius 3 is 2.67 bits per heavy atom. The SMILES string of the molecule is CCCNCc1ccc(N(CC)Cc2cccs2)c(C)c1. The average molecular weight is 302 g/mol. The number of anilines is 1. The molecule has 2 nitrogen and oxygen atoms in total. The maximum Gasteiger partial charge on any atom is 0.0522 e. The number of benzene rings is 1. The predicted octanol–water partition coefficient (Wildman–Crippen LogP) is 4.58. The van der Waals surface area contributed by atoms with E-state index < -0.39 is 0 Å². The van der Waals surface area contributed by atoms with Crippen LogP contribution in [0.3, 0.4) is 0 Å². The fourth-order valence-electron chi connectivity index (χ4n) is 2.55. The van der Waals surface area contributed by atoms with Gasteiger partial charge in [0.05, 0.1) is 6.54 Å². The van der Waals surface area contributed by atoms with Gasteiger partial charge in [0.15, 0.2) is 0 Å². The molecule has 0 aliphatic carbocycles. The number of hydrogen-bond acceptors (Lipinski definition) is 3. The molecule has 0 fully saturated rings. The highest BCUT2D eigenvalue weighted by Gasteiger charge is 2.09. The Bertz CT molecular complexity index is 534. The Balaban J connectivity index is 2.07. The van der Waals surface area contributed by atoms with E-state index >= 15 is 0 Å². The van der Waals surface area contributed by atoms with Gasteiger partial charge in [0.25, 0.3) is 0 Å². The lowest BCUT2D eigenvalue weighted by atomic mass is 10.1. The van der Waals surface area contributed by atoms with Crippen LogP contribution >= 0.6 is 11.3 Å². The molecule has 0 saturated heterocycles. The smallest absolute Gasteiger partial charge is 0.0522 e. The molecule has 114 valence electrons. The fraction of sp³-hybridized carbons (Fsp3) is 0.444. The molecular formula is C18H26N2S. The van der Waals surface area contributed by atoms with Crippen molar-refractivity contribution in [3.05, 3.63) is 51.7 Å². The van der Waals surface area contributed by atoms with Crippen molar-refractivity contribution < 1.29 is 0 Å². The molecule has 2 aromatic rings. The molecule has 0 radical (unpaired) electrons. The highest BCUT2D eigenvalue weighted by atomic mass is 32.1. The molecule has 0 aliphatic heterocycles. The monoisotopic (exact) mass is 302 g/mol. The Morgan fingerprint density at radius 2 is 2.05 bits per heavy atom. The summed E-state index contributed by atoms with van der Waals surface area (Å²) in [7, 11) is 0. The molecule has 1 heterocycles. The van der Waals surface area contributed by atoms with Crippen molar-refractivity contribution in [1.82, 2.24) is 5.32 Å². The van der Waals surface area contributed by atoms with Crippen molar-refractivity contribution >= 4 is 17.0 Å². The average Bonchev–Trinajstić information content (AvgIpc) is 2.99. The van der Waals surface area contributed by atoms with Crippen LogP contribution in [0.15, 0.2) is 35.7 Å². The summed E-state index contributed by atoms with van der Waals surface area (Å²) in [5.41, 5.74) is 4.09. The van der Waals surface area contributed by atoms with Gasteiger partial charge >= 0.3 is 0 Å². The first-order valence-electron chi connectivity index (χ1n) is 7.82. The molecule has 0 atom stereocenters. The largest absolute Gasteiger partial charge is 0.366 e. The van der Waals surface area contributed by atoms with E-state index in [-0.39, 0.29) is 0 Å². The minimum Gasteiger partial charge on any atom is -0.366 e. The van der Waals surface area contributed by atoms with Crippen LogP contribution in [0, 0.1) is 6.92 Å².